The van der Waals surface area contributed by atoms with E-state index in [4.69, 9.17) is 11.6 Å². The summed E-state index contributed by atoms with van der Waals surface area (Å²) in [6.07, 6.45) is 4.39. The van der Waals surface area contributed by atoms with Crippen molar-refractivity contribution in [1.29, 1.82) is 0 Å². The molecule has 4 heteroatoms. The van der Waals surface area contributed by atoms with Gasteiger partial charge in [-0.1, -0.05) is 25.4 Å². The molecule has 1 aromatic rings. The predicted molar refractivity (Wildman–Crippen MR) is 71.9 cm³/mol. The maximum absolute atomic E-state index is 6.10. The first kappa shape index (κ1) is 12.2. The third kappa shape index (κ3) is 2.51. The molecule has 0 unspecified atom stereocenters. The largest absolute Gasteiger partial charge is 0.368 e. The second-order valence-corrected chi connectivity index (χ2v) is 6.18. The lowest BCUT2D eigenvalue weighted by atomic mass is 9.92. The summed E-state index contributed by atoms with van der Waals surface area (Å²) in [6.45, 7) is 5.54. The fourth-order valence-corrected chi connectivity index (χ4v) is 2.62. The summed E-state index contributed by atoms with van der Waals surface area (Å²) < 4.78 is 0.910. The van der Waals surface area contributed by atoms with Crippen molar-refractivity contribution >= 4 is 33.3 Å². The highest BCUT2D eigenvalue weighted by atomic mass is 79.9. The second kappa shape index (κ2) is 4.53. The van der Waals surface area contributed by atoms with Crippen molar-refractivity contribution in [2.75, 3.05) is 11.9 Å². The van der Waals surface area contributed by atoms with Crippen LogP contribution in [-0.2, 0) is 0 Å². The molecule has 1 fully saturated rings. The Hall–Kier alpha value is -0.280. The normalized spacial score (nSPS) is 17.6. The number of hydrogen-bond donors (Lipinski definition) is 1. The maximum atomic E-state index is 6.10. The summed E-state index contributed by atoms with van der Waals surface area (Å²) in [7, 11) is 0. The van der Waals surface area contributed by atoms with Gasteiger partial charge in [-0.3, -0.25) is 0 Å². The Balaban J connectivity index is 2.00. The molecule has 0 bridgehead atoms. The van der Waals surface area contributed by atoms with Crippen LogP contribution in [0.25, 0.3) is 0 Å². The number of nitrogens with one attached hydrogen (secondary N) is 1. The maximum Gasteiger partial charge on any atom is 0.144 e. The second-order valence-electron chi connectivity index (χ2n) is 4.85. The molecule has 0 amide bonds. The topological polar surface area (TPSA) is 24.9 Å². The lowest BCUT2D eigenvalue weighted by Crippen LogP contribution is -2.21. The van der Waals surface area contributed by atoms with E-state index >= 15 is 0 Å². The van der Waals surface area contributed by atoms with E-state index in [9.17, 15) is 0 Å². The van der Waals surface area contributed by atoms with Gasteiger partial charge in [0, 0.05) is 17.2 Å². The SMILES string of the molecule is CC(C)C1(CNc2ncc(Br)cc2Cl)CC1. The smallest absolute Gasteiger partial charge is 0.144 e. The average Bonchev–Trinajstić information content (AvgIpc) is 2.97. The summed E-state index contributed by atoms with van der Waals surface area (Å²) in [6, 6.07) is 1.87. The van der Waals surface area contributed by atoms with E-state index in [1.165, 1.54) is 12.8 Å². The fourth-order valence-electron chi connectivity index (χ4n) is 1.92. The van der Waals surface area contributed by atoms with Crippen molar-refractivity contribution in [3.8, 4) is 0 Å². The summed E-state index contributed by atoms with van der Waals surface area (Å²) >= 11 is 9.45. The number of anilines is 1. The highest BCUT2D eigenvalue weighted by Gasteiger charge is 2.45. The number of hydrogen-bond acceptors (Lipinski definition) is 2. The van der Waals surface area contributed by atoms with Crippen LogP contribution in [0.5, 0.6) is 0 Å². The summed E-state index contributed by atoms with van der Waals surface area (Å²) in [4.78, 5) is 4.28. The molecule has 1 heterocycles. The van der Waals surface area contributed by atoms with Crippen LogP contribution in [0.1, 0.15) is 26.7 Å². The molecule has 88 valence electrons. The van der Waals surface area contributed by atoms with Crippen molar-refractivity contribution in [2.24, 2.45) is 11.3 Å². The van der Waals surface area contributed by atoms with Crippen molar-refractivity contribution in [1.82, 2.24) is 4.98 Å². The molecule has 0 radical (unpaired) electrons. The van der Waals surface area contributed by atoms with Gasteiger partial charge in [0.1, 0.15) is 5.82 Å². The van der Waals surface area contributed by atoms with Crippen molar-refractivity contribution in [3.05, 3.63) is 21.8 Å². The Morgan fingerprint density at radius 2 is 2.25 bits per heavy atom. The van der Waals surface area contributed by atoms with E-state index in [-0.39, 0.29) is 0 Å². The van der Waals surface area contributed by atoms with Crippen LogP contribution in [0, 0.1) is 11.3 Å². The van der Waals surface area contributed by atoms with Crippen LogP contribution < -0.4 is 5.32 Å². The number of pyridine rings is 1. The Morgan fingerprint density at radius 3 is 2.75 bits per heavy atom. The standard InChI is InChI=1S/C12H16BrClN2/c1-8(2)12(3-4-12)7-16-11-10(14)5-9(13)6-15-11/h5-6,8H,3-4,7H2,1-2H3,(H,15,16). The molecule has 1 N–H and O–H groups in total. The van der Waals surface area contributed by atoms with Gasteiger partial charge >= 0.3 is 0 Å². The van der Waals surface area contributed by atoms with Crippen LogP contribution in [0.3, 0.4) is 0 Å². The molecule has 0 aliphatic heterocycles. The van der Waals surface area contributed by atoms with Gasteiger partial charge in [0.25, 0.3) is 0 Å². The van der Waals surface area contributed by atoms with Gasteiger partial charge < -0.3 is 5.32 Å². The molecular weight excluding hydrogens is 288 g/mol. The van der Waals surface area contributed by atoms with Crippen LogP contribution >= 0.6 is 27.5 Å². The van der Waals surface area contributed by atoms with Gasteiger partial charge in [-0.25, -0.2) is 4.98 Å². The van der Waals surface area contributed by atoms with E-state index in [1.807, 2.05) is 6.07 Å². The highest BCUT2D eigenvalue weighted by Crippen LogP contribution is 2.51. The molecule has 1 aliphatic carbocycles. The third-order valence-corrected chi connectivity index (χ3v) is 4.25. The molecule has 0 spiro atoms. The number of aromatic nitrogens is 1. The van der Waals surface area contributed by atoms with E-state index in [0.29, 0.717) is 16.4 Å². The first-order valence-corrected chi connectivity index (χ1v) is 6.75. The molecule has 16 heavy (non-hydrogen) atoms. The van der Waals surface area contributed by atoms with Crippen molar-refractivity contribution in [3.63, 3.8) is 0 Å². The van der Waals surface area contributed by atoms with E-state index < -0.39 is 0 Å². The lowest BCUT2D eigenvalue weighted by molar-refractivity contribution is 0.380. The van der Waals surface area contributed by atoms with Gasteiger partial charge in [-0.05, 0) is 46.2 Å². The lowest BCUT2D eigenvalue weighted by Gasteiger charge is -2.20. The van der Waals surface area contributed by atoms with Crippen LogP contribution in [-0.4, -0.2) is 11.5 Å². The zero-order chi connectivity index (χ0) is 11.8. The number of nitrogens with zero attached hydrogens (tertiary/aromatic N) is 1. The Morgan fingerprint density at radius 1 is 1.56 bits per heavy atom. The zero-order valence-corrected chi connectivity index (χ0v) is 11.9. The molecule has 2 nitrogen and oxygen atoms in total. The van der Waals surface area contributed by atoms with Crippen molar-refractivity contribution < 1.29 is 0 Å². The molecule has 2 rings (SSSR count). The summed E-state index contributed by atoms with van der Waals surface area (Å²) in [5, 5.41) is 4.04. The van der Waals surface area contributed by atoms with Gasteiger partial charge in [-0.2, -0.15) is 0 Å². The van der Waals surface area contributed by atoms with Gasteiger partial charge in [-0.15, -0.1) is 0 Å². The molecule has 0 saturated heterocycles. The van der Waals surface area contributed by atoms with Crippen LogP contribution in [0.4, 0.5) is 5.82 Å². The third-order valence-electron chi connectivity index (χ3n) is 3.53. The molecule has 1 aliphatic rings. The van der Waals surface area contributed by atoms with Gasteiger partial charge in [0.15, 0.2) is 0 Å². The number of halogens is 2. The first-order valence-electron chi connectivity index (χ1n) is 5.58. The zero-order valence-electron chi connectivity index (χ0n) is 9.56. The summed E-state index contributed by atoms with van der Waals surface area (Å²) in [5.74, 6) is 1.51. The minimum Gasteiger partial charge on any atom is -0.368 e. The Bertz CT molecular complexity index is 389. The quantitative estimate of drug-likeness (QED) is 0.894. The van der Waals surface area contributed by atoms with Gasteiger partial charge in [0.05, 0.1) is 5.02 Å². The molecule has 0 atom stereocenters. The van der Waals surface area contributed by atoms with E-state index in [0.717, 1.165) is 16.8 Å². The first-order chi connectivity index (χ1) is 7.53. The van der Waals surface area contributed by atoms with Crippen LogP contribution in [0.15, 0.2) is 16.7 Å². The van der Waals surface area contributed by atoms with E-state index in [2.05, 4.69) is 40.1 Å². The average molecular weight is 304 g/mol. The Labute approximate surface area is 110 Å². The number of rotatable bonds is 4. The molecule has 1 aromatic heterocycles. The fraction of sp³-hybridized carbons (Fsp3) is 0.583. The minimum atomic E-state index is 0.470. The molecular formula is C12H16BrClN2. The minimum absolute atomic E-state index is 0.470. The predicted octanol–water partition coefficient (Wildman–Crippen LogP) is 4.35. The molecule has 0 aromatic carbocycles. The Kier molecular flexibility index (Phi) is 3.45. The van der Waals surface area contributed by atoms with E-state index in [1.54, 1.807) is 6.20 Å². The van der Waals surface area contributed by atoms with Gasteiger partial charge in [0.2, 0.25) is 0 Å². The molecule has 1 saturated carbocycles. The van der Waals surface area contributed by atoms with Crippen molar-refractivity contribution in [2.45, 2.75) is 26.7 Å². The monoisotopic (exact) mass is 302 g/mol. The van der Waals surface area contributed by atoms with Crippen LogP contribution in [0.2, 0.25) is 5.02 Å². The summed E-state index contributed by atoms with van der Waals surface area (Å²) in [5.41, 5.74) is 0.470. The highest BCUT2D eigenvalue weighted by molar-refractivity contribution is 9.10.